The van der Waals surface area contributed by atoms with E-state index < -0.39 is 0 Å². The SMILES string of the molecule is CN(/N=C1/C(=O)Nc2ccccc21)C(N)=S. The van der Waals surface area contributed by atoms with Crippen molar-refractivity contribution in [1.82, 2.24) is 5.01 Å². The van der Waals surface area contributed by atoms with Crippen molar-refractivity contribution in [1.29, 1.82) is 0 Å². The summed E-state index contributed by atoms with van der Waals surface area (Å²) in [6, 6.07) is 7.32. The van der Waals surface area contributed by atoms with Gasteiger partial charge in [-0.3, -0.25) is 4.79 Å². The molecule has 0 unspecified atom stereocenters. The third-order valence-electron chi connectivity index (χ3n) is 2.21. The molecule has 1 aliphatic heterocycles. The van der Waals surface area contributed by atoms with Crippen molar-refractivity contribution >= 4 is 34.6 Å². The highest BCUT2D eigenvalue weighted by Crippen LogP contribution is 2.22. The van der Waals surface area contributed by atoms with E-state index in [0.29, 0.717) is 5.71 Å². The number of para-hydroxylation sites is 1. The molecule has 1 amide bonds. The summed E-state index contributed by atoms with van der Waals surface area (Å²) in [5, 5.41) is 8.19. The van der Waals surface area contributed by atoms with Crippen LogP contribution in [0.25, 0.3) is 0 Å². The number of nitrogens with one attached hydrogen (secondary N) is 1. The van der Waals surface area contributed by atoms with Crippen LogP contribution in [0, 0.1) is 0 Å². The molecule has 82 valence electrons. The average molecular weight is 234 g/mol. The van der Waals surface area contributed by atoms with Crippen molar-refractivity contribution in [3.8, 4) is 0 Å². The third kappa shape index (κ3) is 1.74. The zero-order valence-corrected chi connectivity index (χ0v) is 9.41. The van der Waals surface area contributed by atoms with Gasteiger partial charge in [-0.25, -0.2) is 5.01 Å². The van der Waals surface area contributed by atoms with Gasteiger partial charge >= 0.3 is 0 Å². The first kappa shape index (κ1) is 10.6. The van der Waals surface area contributed by atoms with E-state index >= 15 is 0 Å². The number of nitrogens with zero attached hydrogens (tertiary/aromatic N) is 2. The molecule has 16 heavy (non-hydrogen) atoms. The summed E-state index contributed by atoms with van der Waals surface area (Å²) in [4.78, 5) is 11.6. The Labute approximate surface area is 97.9 Å². The molecule has 0 fully saturated rings. The number of benzene rings is 1. The molecule has 0 radical (unpaired) electrons. The highest BCUT2D eigenvalue weighted by molar-refractivity contribution is 7.80. The zero-order valence-electron chi connectivity index (χ0n) is 8.60. The van der Waals surface area contributed by atoms with E-state index in [9.17, 15) is 4.79 Å². The Morgan fingerprint density at radius 1 is 1.50 bits per heavy atom. The first-order valence-corrected chi connectivity index (χ1v) is 5.03. The van der Waals surface area contributed by atoms with E-state index in [-0.39, 0.29) is 11.0 Å². The van der Waals surface area contributed by atoms with Gasteiger partial charge in [0.15, 0.2) is 10.8 Å². The zero-order chi connectivity index (χ0) is 11.7. The molecule has 1 aromatic rings. The minimum absolute atomic E-state index is 0.115. The van der Waals surface area contributed by atoms with Crippen molar-refractivity contribution in [2.24, 2.45) is 10.8 Å². The normalized spacial score (nSPS) is 15.8. The van der Waals surface area contributed by atoms with Gasteiger partial charge in [0.05, 0.1) is 5.69 Å². The second-order valence-corrected chi connectivity index (χ2v) is 3.73. The van der Waals surface area contributed by atoms with Crippen LogP contribution in [-0.2, 0) is 4.79 Å². The van der Waals surface area contributed by atoms with Gasteiger partial charge in [0, 0.05) is 12.6 Å². The molecule has 0 spiro atoms. The number of rotatable bonds is 1. The van der Waals surface area contributed by atoms with Crippen LogP contribution in [0.3, 0.4) is 0 Å². The molecule has 3 N–H and O–H groups in total. The summed E-state index contributed by atoms with van der Waals surface area (Å²) >= 11 is 4.76. The number of nitrogens with two attached hydrogens (primary N) is 1. The van der Waals surface area contributed by atoms with Crippen LogP contribution in [-0.4, -0.2) is 28.8 Å². The van der Waals surface area contributed by atoms with Crippen molar-refractivity contribution < 1.29 is 4.79 Å². The number of anilines is 1. The maximum Gasteiger partial charge on any atom is 0.276 e. The lowest BCUT2D eigenvalue weighted by molar-refractivity contribution is -0.110. The van der Waals surface area contributed by atoms with Crippen molar-refractivity contribution in [3.63, 3.8) is 0 Å². The van der Waals surface area contributed by atoms with E-state index in [1.807, 2.05) is 24.3 Å². The van der Waals surface area contributed by atoms with E-state index in [0.717, 1.165) is 11.3 Å². The maximum absolute atomic E-state index is 11.6. The first-order valence-electron chi connectivity index (χ1n) is 4.62. The Kier molecular flexibility index (Phi) is 2.57. The number of amides is 1. The van der Waals surface area contributed by atoms with E-state index in [4.69, 9.17) is 18.0 Å². The average Bonchev–Trinajstić information content (AvgIpc) is 2.55. The Morgan fingerprint density at radius 3 is 2.88 bits per heavy atom. The Morgan fingerprint density at radius 2 is 2.19 bits per heavy atom. The van der Waals surface area contributed by atoms with Crippen molar-refractivity contribution in [3.05, 3.63) is 29.8 Å². The number of hydrazone groups is 1. The monoisotopic (exact) mass is 234 g/mol. The number of carbonyl (C=O) groups is 1. The van der Waals surface area contributed by atoms with Gasteiger partial charge in [-0.2, -0.15) is 5.10 Å². The Bertz CT molecular complexity index is 497. The molecule has 0 atom stereocenters. The van der Waals surface area contributed by atoms with Crippen LogP contribution in [0.1, 0.15) is 5.56 Å². The molecule has 6 heteroatoms. The Hall–Kier alpha value is -1.95. The molecule has 0 saturated heterocycles. The molecular formula is C10H10N4OS. The number of carbonyl (C=O) groups excluding carboxylic acids is 1. The first-order chi connectivity index (χ1) is 7.59. The van der Waals surface area contributed by atoms with Gasteiger partial charge in [-0.15, -0.1) is 0 Å². The summed E-state index contributed by atoms with van der Waals surface area (Å²) in [6.07, 6.45) is 0. The Balaban J connectivity index is 2.43. The second-order valence-electron chi connectivity index (χ2n) is 3.31. The largest absolute Gasteiger partial charge is 0.375 e. The lowest BCUT2D eigenvalue weighted by atomic mass is 10.1. The van der Waals surface area contributed by atoms with Crippen LogP contribution in [0.4, 0.5) is 5.69 Å². The fourth-order valence-electron chi connectivity index (χ4n) is 1.40. The van der Waals surface area contributed by atoms with Crippen LogP contribution >= 0.6 is 12.2 Å². The quantitative estimate of drug-likeness (QED) is 0.549. The number of fused-ring (bicyclic) bond motifs is 1. The van der Waals surface area contributed by atoms with Gasteiger partial charge in [-0.05, 0) is 18.3 Å². The molecule has 0 aliphatic carbocycles. The van der Waals surface area contributed by atoms with Crippen LogP contribution < -0.4 is 11.1 Å². The molecule has 5 nitrogen and oxygen atoms in total. The van der Waals surface area contributed by atoms with Crippen LogP contribution in [0.2, 0.25) is 0 Å². The van der Waals surface area contributed by atoms with Gasteiger partial charge in [0.25, 0.3) is 5.91 Å². The lowest BCUT2D eigenvalue weighted by Crippen LogP contribution is -2.29. The summed E-state index contributed by atoms with van der Waals surface area (Å²) < 4.78 is 0. The van der Waals surface area contributed by atoms with Crippen LogP contribution in [0.5, 0.6) is 0 Å². The molecule has 1 heterocycles. The van der Waals surface area contributed by atoms with Gasteiger partial charge in [0.1, 0.15) is 0 Å². The van der Waals surface area contributed by atoms with Crippen molar-refractivity contribution in [2.75, 3.05) is 12.4 Å². The number of hydrogen-bond donors (Lipinski definition) is 2. The standard InChI is InChI=1S/C10H10N4OS/c1-14(10(11)16)13-8-6-4-2-3-5-7(6)12-9(8)15/h2-5H,1H3,(H2,11,16)(H,12,13,15). The molecule has 1 aliphatic rings. The minimum atomic E-state index is -0.246. The minimum Gasteiger partial charge on any atom is -0.375 e. The summed E-state index contributed by atoms with van der Waals surface area (Å²) in [5.41, 5.74) is 7.24. The fourth-order valence-corrected chi connectivity index (χ4v) is 1.44. The topological polar surface area (TPSA) is 70.7 Å². The van der Waals surface area contributed by atoms with E-state index in [2.05, 4.69) is 10.4 Å². The van der Waals surface area contributed by atoms with Crippen molar-refractivity contribution in [2.45, 2.75) is 0 Å². The molecule has 0 saturated carbocycles. The number of hydrogen-bond acceptors (Lipinski definition) is 3. The van der Waals surface area contributed by atoms with Crippen LogP contribution in [0.15, 0.2) is 29.4 Å². The predicted octanol–water partition coefficient (Wildman–Crippen LogP) is 0.518. The van der Waals surface area contributed by atoms with E-state index in [1.54, 1.807) is 7.05 Å². The smallest absolute Gasteiger partial charge is 0.276 e. The van der Waals surface area contributed by atoms with Gasteiger partial charge in [-0.1, -0.05) is 18.2 Å². The van der Waals surface area contributed by atoms with Gasteiger partial charge in [0.2, 0.25) is 0 Å². The molecular weight excluding hydrogens is 224 g/mol. The number of thiocarbonyl (C=S) groups is 1. The summed E-state index contributed by atoms with van der Waals surface area (Å²) in [6.45, 7) is 0. The highest BCUT2D eigenvalue weighted by Gasteiger charge is 2.26. The second kappa shape index (κ2) is 3.90. The van der Waals surface area contributed by atoms with Gasteiger partial charge < -0.3 is 11.1 Å². The fraction of sp³-hybridized carbons (Fsp3) is 0.100. The molecule has 1 aromatic carbocycles. The predicted molar refractivity (Wildman–Crippen MR) is 66.2 cm³/mol. The summed E-state index contributed by atoms with van der Waals surface area (Å²) in [7, 11) is 1.60. The highest BCUT2D eigenvalue weighted by atomic mass is 32.1. The molecule has 2 rings (SSSR count). The van der Waals surface area contributed by atoms with E-state index in [1.165, 1.54) is 5.01 Å². The molecule has 0 aromatic heterocycles. The lowest BCUT2D eigenvalue weighted by Gasteiger charge is -2.10. The third-order valence-corrected chi connectivity index (χ3v) is 2.48. The molecule has 0 bridgehead atoms. The maximum atomic E-state index is 11.6. The summed E-state index contributed by atoms with van der Waals surface area (Å²) in [5.74, 6) is -0.246.